The molecule has 0 spiro atoms. The third-order valence-electron chi connectivity index (χ3n) is 6.36. The van der Waals surface area contributed by atoms with Crippen molar-refractivity contribution < 1.29 is 23.8 Å². The van der Waals surface area contributed by atoms with Gasteiger partial charge < -0.3 is 25.0 Å². The highest BCUT2D eigenvalue weighted by Crippen LogP contribution is 2.37. The molecule has 0 bridgehead atoms. The molecule has 1 aromatic heterocycles. The molecule has 2 aliphatic heterocycles. The molecule has 3 heterocycles. The van der Waals surface area contributed by atoms with Crippen LogP contribution >= 0.6 is 23.2 Å². The lowest BCUT2D eigenvalue weighted by atomic mass is 9.86. The molecule has 8 nitrogen and oxygen atoms in total. The summed E-state index contributed by atoms with van der Waals surface area (Å²) in [4.78, 5) is 31.1. The van der Waals surface area contributed by atoms with Gasteiger partial charge in [-0.3, -0.25) is 4.79 Å². The number of carbonyl (C=O) groups excluding carboxylic acids is 1. The van der Waals surface area contributed by atoms with Crippen molar-refractivity contribution in [2.75, 3.05) is 37.0 Å². The lowest BCUT2D eigenvalue weighted by molar-refractivity contribution is -0.116. The van der Waals surface area contributed by atoms with Crippen LogP contribution in [0.1, 0.15) is 24.8 Å². The van der Waals surface area contributed by atoms with Crippen molar-refractivity contribution in [1.29, 1.82) is 0 Å². The second kappa shape index (κ2) is 9.23. The van der Waals surface area contributed by atoms with Gasteiger partial charge in [0.05, 0.1) is 21.3 Å². The fourth-order valence-electron chi connectivity index (χ4n) is 4.33. The lowest BCUT2D eigenvalue weighted by Crippen LogP contribution is -2.59. The smallest absolute Gasteiger partial charge is 0.407 e. The molecule has 0 atom stereocenters. The number of hydrogen-bond donors (Lipinski definition) is 2. The number of piperidine rings is 1. The van der Waals surface area contributed by atoms with Crippen LogP contribution in [0.3, 0.4) is 0 Å². The molecule has 0 radical (unpaired) electrons. The maximum atomic E-state index is 14.2. The van der Waals surface area contributed by atoms with Gasteiger partial charge in [0.2, 0.25) is 5.91 Å². The minimum absolute atomic E-state index is 0.0808. The maximum Gasteiger partial charge on any atom is 0.407 e. The first-order chi connectivity index (χ1) is 15.7. The van der Waals surface area contributed by atoms with Crippen molar-refractivity contribution in [3.8, 4) is 5.75 Å². The maximum absolute atomic E-state index is 14.2. The van der Waals surface area contributed by atoms with Gasteiger partial charge in [0.1, 0.15) is 24.0 Å². The van der Waals surface area contributed by atoms with Crippen LogP contribution in [0.15, 0.2) is 24.4 Å². The average molecular weight is 497 g/mol. The van der Waals surface area contributed by atoms with E-state index in [1.807, 2.05) is 4.90 Å². The van der Waals surface area contributed by atoms with E-state index in [0.29, 0.717) is 59.5 Å². The van der Waals surface area contributed by atoms with Crippen LogP contribution in [-0.2, 0) is 11.2 Å². The SMILES string of the molecule is CN(C(=O)O)C1(COc2ccc(F)c3c2CCC(=O)N3)CCN(c2ncc(Cl)cc2Cl)CC1. The number of halogens is 3. The molecule has 2 N–H and O–H groups in total. The third kappa shape index (κ3) is 4.65. The van der Waals surface area contributed by atoms with Gasteiger partial charge in [-0.05, 0) is 37.5 Å². The predicted molar refractivity (Wildman–Crippen MR) is 123 cm³/mol. The van der Waals surface area contributed by atoms with Crippen molar-refractivity contribution in [2.24, 2.45) is 0 Å². The average Bonchev–Trinajstić information content (AvgIpc) is 2.79. The van der Waals surface area contributed by atoms with Gasteiger partial charge in [-0.1, -0.05) is 23.2 Å². The van der Waals surface area contributed by atoms with Crippen LogP contribution < -0.4 is 15.0 Å². The van der Waals surface area contributed by atoms with Gasteiger partial charge >= 0.3 is 6.09 Å². The Kier molecular flexibility index (Phi) is 6.54. The number of pyridine rings is 1. The molecule has 2 amide bonds. The second-order valence-corrected chi connectivity index (χ2v) is 9.09. The third-order valence-corrected chi connectivity index (χ3v) is 6.85. The Hall–Kier alpha value is -2.78. The molecule has 2 aliphatic rings. The predicted octanol–water partition coefficient (Wildman–Crippen LogP) is 4.44. The van der Waals surface area contributed by atoms with E-state index < -0.39 is 17.4 Å². The molecule has 176 valence electrons. The Morgan fingerprint density at radius 2 is 2.06 bits per heavy atom. The highest BCUT2D eigenvalue weighted by Gasteiger charge is 2.42. The molecule has 1 aromatic carbocycles. The number of nitrogens with zero attached hydrogens (tertiary/aromatic N) is 3. The number of carboxylic acid groups (broad SMARTS) is 1. The Bertz CT molecular complexity index is 1090. The summed E-state index contributed by atoms with van der Waals surface area (Å²) in [6.45, 7) is 1.09. The highest BCUT2D eigenvalue weighted by molar-refractivity contribution is 6.36. The molecular formula is C22H23Cl2FN4O4. The lowest BCUT2D eigenvalue weighted by Gasteiger charge is -2.46. The zero-order chi connectivity index (χ0) is 23.8. The second-order valence-electron chi connectivity index (χ2n) is 8.25. The largest absolute Gasteiger partial charge is 0.491 e. The van der Waals surface area contributed by atoms with Crippen molar-refractivity contribution >= 4 is 46.7 Å². The number of aromatic nitrogens is 1. The van der Waals surface area contributed by atoms with Gasteiger partial charge in [-0.2, -0.15) is 0 Å². The first-order valence-corrected chi connectivity index (χ1v) is 11.2. The van der Waals surface area contributed by atoms with E-state index in [1.54, 1.807) is 6.07 Å². The summed E-state index contributed by atoms with van der Waals surface area (Å²) in [5.41, 5.74) is -0.0968. The summed E-state index contributed by atoms with van der Waals surface area (Å²) >= 11 is 12.2. The topological polar surface area (TPSA) is 95.0 Å². The fraction of sp³-hybridized carbons (Fsp3) is 0.409. The molecule has 1 fully saturated rings. The molecule has 0 aliphatic carbocycles. The monoisotopic (exact) mass is 496 g/mol. The molecule has 4 rings (SSSR count). The van der Waals surface area contributed by atoms with E-state index in [4.69, 9.17) is 27.9 Å². The summed E-state index contributed by atoms with van der Waals surface area (Å²) < 4.78 is 20.3. The van der Waals surface area contributed by atoms with Crippen LogP contribution in [0.25, 0.3) is 0 Å². The van der Waals surface area contributed by atoms with Gasteiger partial charge in [-0.25, -0.2) is 14.2 Å². The van der Waals surface area contributed by atoms with Crippen molar-refractivity contribution in [3.05, 3.63) is 45.8 Å². The number of likely N-dealkylation sites (N-methyl/N-ethyl adjacent to an activating group) is 1. The molecule has 0 unspecified atom stereocenters. The molecule has 1 saturated heterocycles. The van der Waals surface area contributed by atoms with E-state index in [9.17, 15) is 19.1 Å². The van der Waals surface area contributed by atoms with E-state index in [2.05, 4.69) is 10.3 Å². The summed E-state index contributed by atoms with van der Waals surface area (Å²) in [5.74, 6) is 0.261. The molecular weight excluding hydrogens is 474 g/mol. The molecule has 0 saturated carbocycles. The summed E-state index contributed by atoms with van der Waals surface area (Å²) in [5, 5.41) is 13.1. The normalized spacial score (nSPS) is 17.2. The number of ether oxygens (including phenoxy) is 1. The van der Waals surface area contributed by atoms with Crippen LogP contribution in [0.5, 0.6) is 5.75 Å². The van der Waals surface area contributed by atoms with Crippen molar-refractivity contribution in [2.45, 2.75) is 31.2 Å². The summed E-state index contributed by atoms with van der Waals surface area (Å²) in [7, 11) is 1.52. The number of nitrogens with one attached hydrogen (secondary N) is 1. The number of anilines is 2. The number of amides is 2. The van der Waals surface area contributed by atoms with E-state index >= 15 is 0 Å². The Morgan fingerprint density at radius 1 is 1.33 bits per heavy atom. The van der Waals surface area contributed by atoms with E-state index in [1.165, 1.54) is 30.3 Å². The van der Waals surface area contributed by atoms with Gasteiger partial charge in [0, 0.05) is 38.3 Å². The molecule has 2 aromatic rings. The van der Waals surface area contributed by atoms with E-state index in [-0.39, 0.29) is 24.6 Å². The first kappa shape index (κ1) is 23.4. The minimum atomic E-state index is -1.07. The molecule has 11 heteroatoms. The van der Waals surface area contributed by atoms with Crippen LogP contribution in [-0.4, -0.2) is 59.3 Å². The fourth-order valence-corrected chi connectivity index (χ4v) is 4.83. The summed E-state index contributed by atoms with van der Waals surface area (Å²) in [6, 6.07) is 4.38. The zero-order valence-electron chi connectivity index (χ0n) is 17.9. The van der Waals surface area contributed by atoms with Gasteiger partial charge in [0.25, 0.3) is 0 Å². The van der Waals surface area contributed by atoms with Gasteiger partial charge in [0.15, 0.2) is 0 Å². The Morgan fingerprint density at radius 3 is 2.73 bits per heavy atom. The first-order valence-electron chi connectivity index (χ1n) is 10.5. The quantitative estimate of drug-likeness (QED) is 0.635. The van der Waals surface area contributed by atoms with Crippen LogP contribution in [0.2, 0.25) is 10.0 Å². The van der Waals surface area contributed by atoms with Crippen molar-refractivity contribution in [3.63, 3.8) is 0 Å². The number of hydrogen-bond acceptors (Lipinski definition) is 5. The van der Waals surface area contributed by atoms with Crippen LogP contribution in [0.4, 0.5) is 20.7 Å². The van der Waals surface area contributed by atoms with Gasteiger partial charge in [-0.15, -0.1) is 0 Å². The van der Waals surface area contributed by atoms with Crippen molar-refractivity contribution in [1.82, 2.24) is 9.88 Å². The number of benzene rings is 1. The Labute approximate surface area is 200 Å². The Balaban J connectivity index is 1.54. The zero-order valence-corrected chi connectivity index (χ0v) is 19.4. The standard InChI is InChI=1S/C22H23Cl2FN4O4/c1-28(21(31)32)22(6-8-29(9-7-22)20-15(24)10-13(23)11-26-20)12-33-17-4-3-16(25)19-14(17)2-5-18(30)27-19/h3-4,10-11H,2,5-9,12H2,1H3,(H,27,30)(H,31,32). The highest BCUT2D eigenvalue weighted by atomic mass is 35.5. The van der Waals surface area contributed by atoms with E-state index in [0.717, 1.165) is 0 Å². The number of carbonyl (C=O) groups is 2. The van der Waals surface area contributed by atoms with Crippen LogP contribution in [0, 0.1) is 5.82 Å². The number of rotatable bonds is 5. The molecule has 33 heavy (non-hydrogen) atoms. The minimum Gasteiger partial charge on any atom is -0.491 e. The number of fused-ring (bicyclic) bond motifs is 1. The summed E-state index contributed by atoms with van der Waals surface area (Å²) in [6.07, 6.45) is 1.98.